The molecule has 2 N–H and O–H groups in total. The van der Waals surface area contributed by atoms with Crippen molar-refractivity contribution < 1.29 is 28.0 Å². The zero-order valence-electron chi connectivity index (χ0n) is 21.8. The van der Waals surface area contributed by atoms with Crippen LogP contribution in [0.25, 0.3) is 0 Å². The first-order valence-electron chi connectivity index (χ1n) is 13.2. The highest BCUT2D eigenvalue weighted by Gasteiger charge is 2.45. The van der Waals surface area contributed by atoms with Gasteiger partial charge in [-0.15, -0.1) is 0 Å². The Balaban J connectivity index is 1.57. The smallest absolute Gasteiger partial charge is 0.251 e. The summed E-state index contributed by atoms with van der Waals surface area (Å²) in [6, 6.07) is 10.1. The van der Waals surface area contributed by atoms with E-state index < -0.39 is 35.9 Å². The number of nitrogens with one attached hydrogen (secondary N) is 1. The van der Waals surface area contributed by atoms with E-state index in [2.05, 4.69) is 15.4 Å². The highest BCUT2D eigenvalue weighted by molar-refractivity contribution is 6.31. The maximum atomic E-state index is 14.6. The summed E-state index contributed by atoms with van der Waals surface area (Å²) in [7, 11) is 0. The predicted molar refractivity (Wildman–Crippen MR) is 145 cm³/mol. The molecule has 2 amide bonds. The Kier molecular flexibility index (Phi) is 8.55. The van der Waals surface area contributed by atoms with Crippen molar-refractivity contribution in [1.29, 1.82) is 0 Å². The molecule has 2 atom stereocenters. The van der Waals surface area contributed by atoms with Gasteiger partial charge in [-0.05, 0) is 43.5 Å². The van der Waals surface area contributed by atoms with Gasteiger partial charge in [-0.25, -0.2) is 23.6 Å². The molecule has 3 aromatic rings. The summed E-state index contributed by atoms with van der Waals surface area (Å²) in [6.07, 6.45) is 2.42. The molecule has 1 aliphatic carbocycles. The molecule has 13 heteroatoms. The molecule has 1 aromatic heterocycles. The van der Waals surface area contributed by atoms with Crippen molar-refractivity contribution in [3.8, 4) is 0 Å². The van der Waals surface area contributed by atoms with Crippen LogP contribution in [0, 0.1) is 5.82 Å². The Bertz CT molecular complexity index is 1390. The van der Waals surface area contributed by atoms with Crippen molar-refractivity contribution in [2.45, 2.75) is 62.7 Å². The standard InChI is InChI=1S/C28H28ClF3N6O3/c29-22-7-2-1-6-21(22)26(38(41)35-19-10-12-28(31,32)13-11-19)36(20-5-3-4-18(30)16-20)27(40)23-8-9-25(39)37(23)24-17-33-14-15-34-24/h1-7,14-17,19,23,26,35,41H,8-13H2/t23-,26+/m0/s1. The molecule has 2 heterocycles. The van der Waals surface area contributed by atoms with Crippen LogP contribution in [-0.4, -0.2) is 50.2 Å². The molecule has 0 unspecified atom stereocenters. The molecule has 41 heavy (non-hydrogen) atoms. The average Bonchev–Trinajstić information content (AvgIpc) is 3.34. The lowest BCUT2D eigenvalue weighted by Gasteiger charge is -2.41. The number of carbonyl (C=O) groups excluding carboxylic acids is 2. The summed E-state index contributed by atoms with van der Waals surface area (Å²) >= 11 is 6.56. The first kappa shape index (κ1) is 28.9. The van der Waals surface area contributed by atoms with Crippen molar-refractivity contribution in [3.63, 3.8) is 0 Å². The molecule has 2 fully saturated rings. The van der Waals surface area contributed by atoms with Gasteiger partial charge in [-0.2, -0.15) is 0 Å². The largest absolute Gasteiger partial charge is 0.297 e. The van der Waals surface area contributed by atoms with Crippen molar-refractivity contribution in [2.24, 2.45) is 0 Å². The number of carbonyl (C=O) groups is 2. The van der Waals surface area contributed by atoms with Gasteiger partial charge < -0.3 is 0 Å². The number of rotatable bonds is 8. The Labute approximate surface area is 239 Å². The number of hydroxylamine groups is 1. The Morgan fingerprint density at radius 3 is 2.56 bits per heavy atom. The number of benzene rings is 2. The van der Waals surface area contributed by atoms with Gasteiger partial charge in [0.15, 0.2) is 12.0 Å². The van der Waals surface area contributed by atoms with E-state index in [1.165, 1.54) is 41.7 Å². The SMILES string of the molecule is O=C1CC[C@@H](C(=O)N(c2cccc(F)c2)[C@@H](c2ccccc2Cl)N(O)NC2CCC(F)(F)CC2)N1c1cnccn1. The van der Waals surface area contributed by atoms with E-state index in [-0.39, 0.29) is 66.5 Å². The van der Waals surface area contributed by atoms with Gasteiger partial charge in [0, 0.05) is 54.0 Å². The topological polar surface area (TPSA) is 102 Å². The van der Waals surface area contributed by atoms with Crippen LogP contribution in [0.2, 0.25) is 5.02 Å². The summed E-state index contributed by atoms with van der Waals surface area (Å²) in [5.41, 5.74) is 3.21. The molecule has 2 aliphatic rings. The lowest BCUT2D eigenvalue weighted by molar-refractivity contribution is -0.189. The number of nitrogens with zero attached hydrogens (tertiary/aromatic N) is 5. The van der Waals surface area contributed by atoms with Crippen LogP contribution in [-0.2, 0) is 9.59 Å². The molecule has 1 saturated carbocycles. The summed E-state index contributed by atoms with van der Waals surface area (Å²) in [5, 5.41) is 12.3. The van der Waals surface area contributed by atoms with Crippen LogP contribution in [0.15, 0.2) is 67.1 Å². The minimum atomic E-state index is -2.79. The van der Waals surface area contributed by atoms with Gasteiger partial charge in [0.1, 0.15) is 11.9 Å². The van der Waals surface area contributed by atoms with E-state index in [1.54, 1.807) is 24.3 Å². The predicted octanol–water partition coefficient (Wildman–Crippen LogP) is 5.27. The van der Waals surface area contributed by atoms with E-state index >= 15 is 0 Å². The van der Waals surface area contributed by atoms with Gasteiger partial charge in [0.2, 0.25) is 11.8 Å². The summed E-state index contributed by atoms with van der Waals surface area (Å²) < 4.78 is 42.2. The van der Waals surface area contributed by atoms with Gasteiger partial charge >= 0.3 is 0 Å². The van der Waals surface area contributed by atoms with Crippen LogP contribution in [0.5, 0.6) is 0 Å². The van der Waals surface area contributed by atoms with Gasteiger partial charge in [0.25, 0.3) is 5.91 Å². The summed E-state index contributed by atoms with van der Waals surface area (Å²) in [4.78, 5) is 38.0. The Morgan fingerprint density at radius 2 is 1.88 bits per heavy atom. The Morgan fingerprint density at radius 1 is 1.12 bits per heavy atom. The number of anilines is 2. The number of hydrazine groups is 1. The molecule has 0 radical (unpaired) electrons. The van der Waals surface area contributed by atoms with E-state index in [9.17, 15) is 28.0 Å². The maximum Gasteiger partial charge on any atom is 0.251 e. The second-order valence-electron chi connectivity index (χ2n) is 10.1. The number of alkyl halides is 2. The molecule has 1 saturated heterocycles. The van der Waals surface area contributed by atoms with Crippen molar-refractivity contribution in [2.75, 3.05) is 9.80 Å². The fourth-order valence-electron chi connectivity index (χ4n) is 5.29. The summed E-state index contributed by atoms with van der Waals surface area (Å²) in [6.45, 7) is 0. The monoisotopic (exact) mass is 588 g/mol. The zero-order valence-corrected chi connectivity index (χ0v) is 22.6. The first-order chi connectivity index (χ1) is 19.6. The number of halogens is 4. The van der Waals surface area contributed by atoms with Crippen LogP contribution in [0.4, 0.5) is 24.7 Å². The fourth-order valence-corrected chi connectivity index (χ4v) is 5.52. The van der Waals surface area contributed by atoms with Gasteiger partial charge in [-0.1, -0.05) is 41.0 Å². The highest BCUT2D eigenvalue weighted by atomic mass is 35.5. The van der Waals surface area contributed by atoms with Crippen molar-refractivity contribution in [3.05, 3.63) is 83.5 Å². The first-order valence-corrected chi connectivity index (χ1v) is 13.6. The molecule has 0 bridgehead atoms. The van der Waals surface area contributed by atoms with E-state index in [0.717, 1.165) is 11.0 Å². The van der Waals surface area contributed by atoms with Crippen LogP contribution >= 0.6 is 11.6 Å². The quantitative estimate of drug-likeness (QED) is 0.273. The normalized spacial score (nSPS) is 19.9. The molecular weight excluding hydrogens is 561 g/mol. The van der Waals surface area contributed by atoms with Crippen molar-refractivity contribution in [1.82, 2.24) is 20.6 Å². The average molecular weight is 589 g/mol. The third kappa shape index (κ3) is 6.35. The molecule has 0 spiro atoms. The summed E-state index contributed by atoms with van der Waals surface area (Å²) in [5.74, 6) is -4.25. The number of hydrogen-bond acceptors (Lipinski definition) is 7. The van der Waals surface area contributed by atoms with Gasteiger partial charge in [0.05, 0.1) is 6.20 Å². The fraction of sp³-hybridized carbons (Fsp3) is 0.357. The minimum Gasteiger partial charge on any atom is -0.297 e. The molecule has 216 valence electrons. The number of amides is 2. The third-order valence-electron chi connectivity index (χ3n) is 7.31. The third-order valence-corrected chi connectivity index (χ3v) is 7.65. The van der Waals surface area contributed by atoms with Crippen LogP contribution in [0.1, 0.15) is 50.3 Å². The minimum absolute atomic E-state index is 0.0537. The molecule has 2 aromatic carbocycles. The van der Waals surface area contributed by atoms with Crippen LogP contribution < -0.4 is 15.2 Å². The van der Waals surface area contributed by atoms with E-state index in [0.29, 0.717) is 5.17 Å². The zero-order chi connectivity index (χ0) is 29.1. The second-order valence-corrected chi connectivity index (χ2v) is 10.5. The van der Waals surface area contributed by atoms with Crippen molar-refractivity contribution >= 4 is 34.9 Å². The van der Waals surface area contributed by atoms with E-state index in [4.69, 9.17) is 11.6 Å². The van der Waals surface area contributed by atoms with Crippen LogP contribution in [0.3, 0.4) is 0 Å². The molecule has 9 nitrogen and oxygen atoms in total. The number of hydrogen-bond donors (Lipinski definition) is 2. The molecule has 5 rings (SSSR count). The molecule has 1 aliphatic heterocycles. The second kappa shape index (κ2) is 12.1. The lowest BCUT2D eigenvalue weighted by Crippen LogP contribution is -2.56. The van der Waals surface area contributed by atoms with Gasteiger partial charge in [-0.3, -0.25) is 29.6 Å². The lowest BCUT2D eigenvalue weighted by atomic mass is 9.93. The maximum absolute atomic E-state index is 14.6. The Hall–Kier alpha value is -3.58. The highest BCUT2D eigenvalue weighted by Crippen LogP contribution is 2.38. The number of aromatic nitrogens is 2. The van der Waals surface area contributed by atoms with E-state index in [1.807, 2.05) is 0 Å². The molecular formula is C28H28ClF3N6O3.